The lowest BCUT2D eigenvalue weighted by molar-refractivity contribution is -0.115. The van der Waals surface area contributed by atoms with E-state index in [0.717, 1.165) is 16.5 Å². The highest BCUT2D eigenvalue weighted by atomic mass is 35.5. The number of amides is 1. The molecule has 1 amide bonds. The lowest BCUT2D eigenvalue weighted by Crippen LogP contribution is -2.17. The Balaban J connectivity index is 2.10. The molecule has 0 bridgehead atoms. The van der Waals surface area contributed by atoms with Gasteiger partial charge in [0.25, 0.3) is 5.91 Å². The summed E-state index contributed by atoms with van der Waals surface area (Å²) in [7, 11) is 0. The minimum atomic E-state index is -0.194. The van der Waals surface area contributed by atoms with E-state index in [1.807, 2.05) is 31.2 Å². The summed E-state index contributed by atoms with van der Waals surface area (Å²) in [6.45, 7) is 2.01. The Hall–Kier alpha value is -1.43. The second-order valence-electron chi connectivity index (χ2n) is 4.42. The lowest BCUT2D eigenvalue weighted by atomic mass is 10.1. The second kappa shape index (κ2) is 5.16. The van der Waals surface area contributed by atoms with Gasteiger partial charge in [0.1, 0.15) is 9.47 Å². The van der Waals surface area contributed by atoms with Crippen LogP contribution in [-0.2, 0) is 4.79 Å². The van der Waals surface area contributed by atoms with E-state index in [0.29, 0.717) is 19.9 Å². The molecule has 0 aliphatic carbocycles. The maximum atomic E-state index is 11.7. The molecular weight excluding hydrogens is 312 g/mol. The first-order valence-electron chi connectivity index (χ1n) is 5.85. The smallest absolute Gasteiger partial charge is 0.263 e. The number of carbonyl (C=O) groups excluding carboxylic acids is 1. The highest BCUT2D eigenvalue weighted by Gasteiger charge is 2.22. The molecule has 0 spiro atoms. The van der Waals surface area contributed by atoms with Crippen LogP contribution in [0.2, 0.25) is 5.15 Å². The topological polar surface area (TPSA) is 42.0 Å². The number of hydrogen-bond donors (Lipinski definition) is 1. The SMILES string of the molecule is Cc1ccc2cc(/C=C3\SC(=S)NC3=O)c(Cl)nc2c1. The number of nitrogens with zero attached hydrogens (tertiary/aromatic N) is 1. The second-order valence-corrected chi connectivity index (χ2v) is 6.49. The summed E-state index contributed by atoms with van der Waals surface area (Å²) in [4.78, 5) is 16.6. The molecule has 1 aliphatic rings. The molecule has 20 heavy (non-hydrogen) atoms. The number of aromatic nitrogens is 1. The van der Waals surface area contributed by atoms with Crippen LogP contribution in [0.15, 0.2) is 29.2 Å². The van der Waals surface area contributed by atoms with Gasteiger partial charge in [-0.3, -0.25) is 4.79 Å². The molecule has 0 atom stereocenters. The normalized spacial score (nSPS) is 17.0. The molecule has 6 heteroatoms. The average molecular weight is 321 g/mol. The van der Waals surface area contributed by atoms with E-state index >= 15 is 0 Å². The van der Waals surface area contributed by atoms with Crippen LogP contribution in [0.25, 0.3) is 17.0 Å². The highest BCUT2D eigenvalue weighted by Crippen LogP contribution is 2.29. The van der Waals surface area contributed by atoms with Crippen LogP contribution in [0.5, 0.6) is 0 Å². The standard InChI is InChI=1S/C14H9ClN2OS2/c1-7-2-3-8-5-9(12(15)16-10(8)4-7)6-11-13(18)17-14(19)20-11/h2-6H,1H3,(H,17,18,19)/b11-6-. The third-order valence-corrected chi connectivity index (χ3v) is 4.35. The summed E-state index contributed by atoms with van der Waals surface area (Å²) < 4.78 is 0.460. The molecule has 3 nitrogen and oxygen atoms in total. The minimum Gasteiger partial charge on any atom is -0.307 e. The zero-order valence-electron chi connectivity index (χ0n) is 10.4. The van der Waals surface area contributed by atoms with Crippen molar-refractivity contribution in [3.8, 4) is 0 Å². The summed E-state index contributed by atoms with van der Waals surface area (Å²) in [5.74, 6) is -0.194. The van der Waals surface area contributed by atoms with E-state index in [9.17, 15) is 4.79 Å². The van der Waals surface area contributed by atoms with Crippen molar-refractivity contribution >= 4 is 62.8 Å². The number of aryl methyl sites for hydroxylation is 1. The number of rotatable bonds is 1. The van der Waals surface area contributed by atoms with Crippen molar-refractivity contribution in [2.45, 2.75) is 6.92 Å². The van der Waals surface area contributed by atoms with E-state index < -0.39 is 0 Å². The molecule has 1 aromatic carbocycles. The van der Waals surface area contributed by atoms with Crippen molar-refractivity contribution in [2.24, 2.45) is 0 Å². The zero-order chi connectivity index (χ0) is 14.3. The van der Waals surface area contributed by atoms with E-state index in [1.54, 1.807) is 6.08 Å². The van der Waals surface area contributed by atoms with Crippen LogP contribution in [0, 0.1) is 6.92 Å². The van der Waals surface area contributed by atoms with Crippen molar-refractivity contribution in [2.75, 3.05) is 0 Å². The van der Waals surface area contributed by atoms with Gasteiger partial charge in [-0.05, 0) is 30.7 Å². The predicted molar refractivity (Wildman–Crippen MR) is 87.8 cm³/mol. The molecule has 1 fully saturated rings. The van der Waals surface area contributed by atoms with Crippen LogP contribution < -0.4 is 5.32 Å². The molecule has 1 aromatic heterocycles. The molecule has 2 aromatic rings. The number of hydrogen-bond acceptors (Lipinski definition) is 4. The summed E-state index contributed by atoms with van der Waals surface area (Å²) in [5.41, 5.74) is 2.69. The van der Waals surface area contributed by atoms with Gasteiger partial charge < -0.3 is 5.32 Å². The van der Waals surface area contributed by atoms with Gasteiger partial charge in [-0.25, -0.2) is 4.98 Å². The van der Waals surface area contributed by atoms with E-state index in [-0.39, 0.29) is 5.91 Å². The first-order valence-corrected chi connectivity index (χ1v) is 7.45. The van der Waals surface area contributed by atoms with Crippen LogP contribution in [0.3, 0.4) is 0 Å². The van der Waals surface area contributed by atoms with E-state index in [2.05, 4.69) is 10.3 Å². The Morgan fingerprint density at radius 3 is 2.90 bits per heavy atom. The van der Waals surface area contributed by atoms with Gasteiger partial charge in [0.15, 0.2) is 0 Å². The fraction of sp³-hybridized carbons (Fsp3) is 0.0714. The quantitative estimate of drug-likeness (QED) is 0.494. The van der Waals surface area contributed by atoms with Gasteiger partial charge in [-0.15, -0.1) is 0 Å². The van der Waals surface area contributed by atoms with E-state index in [4.69, 9.17) is 23.8 Å². The number of pyridine rings is 1. The van der Waals surface area contributed by atoms with Crippen molar-refractivity contribution in [1.29, 1.82) is 0 Å². The Bertz CT molecular complexity index is 786. The zero-order valence-corrected chi connectivity index (χ0v) is 12.8. The largest absolute Gasteiger partial charge is 0.307 e. The lowest BCUT2D eigenvalue weighted by Gasteiger charge is -2.03. The predicted octanol–water partition coefficient (Wildman–Crippen LogP) is 3.69. The summed E-state index contributed by atoms with van der Waals surface area (Å²) in [6.07, 6.45) is 1.72. The van der Waals surface area contributed by atoms with Crippen LogP contribution in [0.4, 0.5) is 0 Å². The van der Waals surface area contributed by atoms with Crippen LogP contribution in [0.1, 0.15) is 11.1 Å². The van der Waals surface area contributed by atoms with Crippen molar-refractivity contribution in [3.63, 3.8) is 0 Å². The number of nitrogens with one attached hydrogen (secondary N) is 1. The molecule has 1 N–H and O–H groups in total. The third kappa shape index (κ3) is 2.57. The Morgan fingerprint density at radius 2 is 2.20 bits per heavy atom. The Morgan fingerprint density at radius 1 is 1.40 bits per heavy atom. The fourth-order valence-electron chi connectivity index (χ4n) is 1.93. The van der Waals surface area contributed by atoms with Gasteiger partial charge >= 0.3 is 0 Å². The van der Waals surface area contributed by atoms with Gasteiger partial charge in [0.2, 0.25) is 0 Å². The number of thioether (sulfide) groups is 1. The molecule has 0 radical (unpaired) electrons. The number of halogens is 1. The van der Waals surface area contributed by atoms with Gasteiger partial charge in [0.05, 0.1) is 10.4 Å². The maximum absolute atomic E-state index is 11.7. The third-order valence-electron chi connectivity index (χ3n) is 2.88. The molecular formula is C14H9ClN2OS2. The fourth-order valence-corrected chi connectivity index (χ4v) is 3.17. The molecule has 1 saturated heterocycles. The van der Waals surface area contributed by atoms with E-state index in [1.165, 1.54) is 11.8 Å². The number of fused-ring (bicyclic) bond motifs is 1. The highest BCUT2D eigenvalue weighted by molar-refractivity contribution is 8.26. The maximum Gasteiger partial charge on any atom is 0.263 e. The molecule has 1 aliphatic heterocycles. The Kier molecular flexibility index (Phi) is 3.50. The average Bonchev–Trinajstić information content (AvgIpc) is 2.69. The number of benzene rings is 1. The molecule has 0 unspecified atom stereocenters. The molecule has 3 rings (SSSR count). The monoisotopic (exact) mass is 320 g/mol. The van der Waals surface area contributed by atoms with Gasteiger partial charge in [0, 0.05) is 10.9 Å². The van der Waals surface area contributed by atoms with Crippen molar-refractivity contribution in [3.05, 3.63) is 45.5 Å². The first-order chi connectivity index (χ1) is 9.52. The molecule has 2 heterocycles. The molecule has 0 saturated carbocycles. The Labute approximate surface area is 130 Å². The van der Waals surface area contributed by atoms with Crippen molar-refractivity contribution in [1.82, 2.24) is 10.3 Å². The van der Waals surface area contributed by atoms with Crippen LogP contribution >= 0.6 is 35.6 Å². The number of carbonyl (C=O) groups is 1. The van der Waals surface area contributed by atoms with Gasteiger partial charge in [-0.2, -0.15) is 0 Å². The first kappa shape index (κ1) is 13.5. The number of thiocarbonyl (C=S) groups is 1. The summed E-state index contributed by atoms with van der Waals surface area (Å²) in [5, 5.41) is 3.94. The van der Waals surface area contributed by atoms with Gasteiger partial charge in [-0.1, -0.05) is 47.7 Å². The summed E-state index contributed by atoms with van der Waals surface area (Å²) >= 11 is 12.4. The summed E-state index contributed by atoms with van der Waals surface area (Å²) in [6, 6.07) is 7.90. The van der Waals surface area contributed by atoms with Crippen LogP contribution in [-0.4, -0.2) is 15.2 Å². The van der Waals surface area contributed by atoms with Crippen molar-refractivity contribution < 1.29 is 4.79 Å². The minimum absolute atomic E-state index is 0.194. The molecule has 100 valence electrons.